The van der Waals surface area contributed by atoms with Gasteiger partial charge in [0.05, 0.1) is 24.4 Å². The molecule has 0 fully saturated rings. The third kappa shape index (κ3) is 7.39. The molecule has 37 heavy (non-hydrogen) atoms. The van der Waals surface area contributed by atoms with E-state index < -0.39 is 23.7 Å². The van der Waals surface area contributed by atoms with Gasteiger partial charge < -0.3 is 20.3 Å². The minimum Gasteiger partial charge on any atom is -0.478 e. The van der Waals surface area contributed by atoms with E-state index >= 15 is 0 Å². The number of hydrogen-bond donors (Lipinski definition) is 3. The van der Waals surface area contributed by atoms with E-state index in [-0.39, 0.29) is 24.5 Å². The quantitative estimate of drug-likeness (QED) is 0.265. The summed E-state index contributed by atoms with van der Waals surface area (Å²) < 4.78 is 20.4. The van der Waals surface area contributed by atoms with Crippen LogP contribution in [0.5, 0.6) is 0 Å². The molecule has 0 bridgehead atoms. The van der Waals surface area contributed by atoms with Crippen molar-refractivity contribution in [1.82, 2.24) is 5.32 Å². The number of hydrogen-bond acceptors (Lipinski definition) is 4. The van der Waals surface area contributed by atoms with Crippen LogP contribution < -0.4 is 5.32 Å². The summed E-state index contributed by atoms with van der Waals surface area (Å²) in [6.07, 6.45) is -0.887. The fourth-order valence-corrected chi connectivity index (χ4v) is 4.69. The lowest BCUT2D eigenvalue weighted by molar-refractivity contribution is -0.00424. The van der Waals surface area contributed by atoms with Crippen LogP contribution in [-0.4, -0.2) is 41.0 Å². The Morgan fingerprint density at radius 2 is 1.81 bits per heavy atom. The van der Waals surface area contributed by atoms with Crippen molar-refractivity contribution in [2.24, 2.45) is 0 Å². The van der Waals surface area contributed by atoms with Crippen LogP contribution in [-0.2, 0) is 11.2 Å². The number of β-amino-alcohol motifs (C(OH)–C–C–N with tert-alkyl or cyclic N) is 1. The van der Waals surface area contributed by atoms with Crippen LogP contribution in [0.4, 0.5) is 4.39 Å². The van der Waals surface area contributed by atoms with E-state index in [9.17, 15) is 19.4 Å². The molecular weight excluding hydrogens is 493 g/mol. The fourth-order valence-electron chi connectivity index (χ4n) is 4.51. The van der Waals surface area contributed by atoms with E-state index in [0.717, 1.165) is 16.7 Å². The topological polar surface area (TPSA) is 78.8 Å². The third-order valence-electron chi connectivity index (χ3n) is 6.55. The molecule has 3 N–H and O–H groups in total. The van der Waals surface area contributed by atoms with Gasteiger partial charge in [0, 0.05) is 17.1 Å². The second kappa shape index (κ2) is 12.2. The highest BCUT2D eigenvalue weighted by Crippen LogP contribution is 2.34. The predicted octanol–water partition coefficient (Wildman–Crippen LogP) is 6.51. The van der Waals surface area contributed by atoms with Crippen LogP contribution in [0, 0.1) is 19.7 Å². The number of aryl methyl sites for hydroxylation is 1. The molecule has 1 unspecified atom stereocenters. The van der Waals surface area contributed by atoms with Crippen LogP contribution in [0.3, 0.4) is 0 Å². The lowest BCUT2D eigenvalue weighted by Gasteiger charge is -2.29. The molecule has 0 heterocycles. The van der Waals surface area contributed by atoms with Gasteiger partial charge in [-0.3, -0.25) is 0 Å². The Bertz CT molecular complexity index is 1250. The molecule has 0 spiro atoms. The van der Waals surface area contributed by atoms with E-state index in [2.05, 4.69) is 5.32 Å². The molecule has 0 saturated heterocycles. The summed E-state index contributed by atoms with van der Waals surface area (Å²) in [6, 6.07) is 16.2. The van der Waals surface area contributed by atoms with Gasteiger partial charge in [-0.05, 0) is 92.6 Å². The smallest absolute Gasteiger partial charge is 0.335 e. The first kappa shape index (κ1) is 28.8. The van der Waals surface area contributed by atoms with Gasteiger partial charge in [-0.2, -0.15) is 0 Å². The van der Waals surface area contributed by atoms with Crippen molar-refractivity contribution >= 4 is 17.6 Å². The van der Waals surface area contributed by atoms with Crippen LogP contribution in [0.2, 0.25) is 5.02 Å². The van der Waals surface area contributed by atoms with Crippen molar-refractivity contribution in [2.75, 3.05) is 13.2 Å². The molecule has 3 rings (SSSR count). The molecule has 3 aromatic rings. The molecule has 5 nitrogen and oxygen atoms in total. The number of nitrogens with one attached hydrogen (secondary N) is 1. The number of aliphatic hydroxyl groups excluding tert-OH is 1. The Kier molecular flexibility index (Phi) is 9.48. The van der Waals surface area contributed by atoms with Crippen molar-refractivity contribution < 1.29 is 24.1 Å². The number of carbonyl (C=O) groups is 1. The first-order chi connectivity index (χ1) is 17.4. The third-order valence-corrected chi connectivity index (χ3v) is 6.96. The maximum absolute atomic E-state index is 14.4. The van der Waals surface area contributed by atoms with Gasteiger partial charge in [0.25, 0.3) is 0 Å². The lowest BCUT2D eigenvalue weighted by Crippen LogP contribution is -2.46. The molecular formula is C30H35ClFNO4. The summed E-state index contributed by atoms with van der Waals surface area (Å²) in [6.45, 7) is 9.54. The Morgan fingerprint density at radius 1 is 1.14 bits per heavy atom. The van der Waals surface area contributed by atoms with Crippen LogP contribution in [0.1, 0.15) is 59.5 Å². The van der Waals surface area contributed by atoms with Crippen molar-refractivity contribution in [3.63, 3.8) is 0 Å². The summed E-state index contributed by atoms with van der Waals surface area (Å²) >= 11 is 6.18. The highest BCUT2D eigenvalue weighted by molar-refractivity contribution is 6.31. The largest absolute Gasteiger partial charge is 0.478 e. The number of rotatable bonds is 11. The zero-order chi connectivity index (χ0) is 27.3. The number of halogens is 2. The number of carboxylic acid groups (broad SMARTS) is 1. The predicted molar refractivity (Wildman–Crippen MR) is 146 cm³/mol. The average Bonchev–Trinajstić information content (AvgIpc) is 2.84. The monoisotopic (exact) mass is 527 g/mol. The van der Waals surface area contributed by atoms with Gasteiger partial charge in [-0.25, -0.2) is 9.18 Å². The first-order valence-corrected chi connectivity index (χ1v) is 12.7. The average molecular weight is 528 g/mol. The fraction of sp³-hybridized carbons (Fsp3) is 0.367. The minimum absolute atomic E-state index is 0.0416. The summed E-state index contributed by atoms with van der Waals surface area (Å²) in [5.41, 5.74) is 4.18. The minimum atomic E-state index is -0.997. The lowest BCUT2D eigenvalue weighted by atomic mass is 9.90. The van der Waals surface area contributed by atoms with E-state index in [1.165, 1.54) is 6.07 Å². The number of aromatic carboxylic acids is 1. The standard InChI is InChI=1S/C30H35ClFNO4/c1-18-13-27(32)22(14-26(18)31)15-30(4,5)33-16-23(34)17-37-20(3)28-19(2)24(29(35)36)11-12-25(28)21-9-7-6-8-10-21/h6-14,20,23,33-34H,15-17H2,1-5H3,(H,35,36)/t20?,23-/m1/s1. The van der Waals surface area contributed by atoms with E-state index in [4.69, 9.17) is 16.3 Å². The molecule has 0 amide bonds. The summed E-state index contributed by atoms with van der Waals surface area (Å²) in [7, 11) is 0. The Balaban J connectivity index is 1.67. The number of carboxylic acids is 1. The molecule has 2 atom stereocenters. The molecule has 0 aliphatic heterocycles. The van der Waals surface area contributed by atoms with E-state index in [1.54, 1.807) is 32.0 Å². The zero-order valence-corrected chi connectivity index (χ0v) is 22.7. The molecule has 0 aliphatic carbocycles. The van der Waals surface area contributed by atoms with E-state index in [0.29, 0.717) is 28.1 Å². The Hall–Kier alpha value is -2.77. The van der Waals surface area contributed by atoms with Gasteiger partial charge in [0.1, 0.15) is 5.82 Å². The molecule has 0 radical (unpaired) electrons. The second-order valence-corrected chi connectivity index (χ2v) is 10.5. The summed E-state index contributed by atoms with van der Waals surface area (Å²) in [5.74, 6) is -1.30. The van der Waals surface area contributed by atoms with Crippen LogP contribution in [0.25, 0.3) is 11.1 Å². The van der Waals surface area contributed by atoms with Crippen molar-refractivity contribution in [2.45, 2.75) is 58.8 Å². The molecule has 3 aromatic carbocycles. The summed E-state index contributed by atoms with van der Waals surface area (Å²) in [4.78, 5) is 11.8. The number of ether oxygens (including phenoxy) is 1. The molecule has 198 valence electrons. The van der Waals surface area contributed by atoms with Gasteiger partial charge in [0.15, 0.2) is 0 Å². The first-order valence-electron chi connectivity index (χ1n) is 12.3. The maximum Gasteiger partial charge on any atom is 0.335 e. The zero-order valence-electron chi connectivity index (χ0n) is 21.9. The van der Waals surface area contributed by atoms with Gasteiger partial charge in [-0.15, -0.1) is 0 Å². The van der Waals surface area contributed by atoms with E-state index in [1.807, 2.05) is 51.1 Å². The maximum atomic E-state index is 14.4. The van der Waals surface area contributed by atoms with Crippen LogP contribution in [0.15, 0.2) is 54.6 Å². The van der Waals surface area contributed by atoms with Crippen LogP contribution >= 0.6 is 11.6 Å². The van der Waals surface area contributed by atoms with Crippen molar-refractivity contribution in [3.05, 3.63) is 93.3 Å². The molecule has 0 aromatic heterocycles. The Morgan fingerprint density at radius 3 is 2.46 bits per heavy atom. The van der Waals surface area contributed by atoms with Gasteiger partial charge in [-0.1, -0.05) is 48.0 Å². The van der Waals surface area contributed by atoms with Gasteiger partial charge >= 0.3 is 5.97 Å². The van der Waals surface area contributed by atoms with Crippen molar-refractivity contribution in [3.8, 4) is 11.1 Å². The molecule has 0 saturated carbocycles. The van der Waals surface area contributed by atoms with Gasteiger partial charge in [0.2, 0.25) is 0 Å². The SMILES string of the molecule is Cc1cc(F)c(CC(C)(C)NC[C@@H](O)COC(C)c2c(-c3ccccc3)ccc(C(=O)O)c2C)cc1Cl. The second-order valence-electron chi connectivity index (χ2n) is 10.1. The normalized spacial score (nSPS) is 13.4. The highest BCUT2D eigenvalue weighted by Gasteiger charge is 2.24. The van der Waals surface area contributed by atoms with Crippen molar-refractivity contribution in [1.29, 1.82) is 0 Å². The molecule has 0 aliphatic rings. The summed E-state index contributed by atoms with van der Waals surface area (Å²) in [5, 5.41) is 24.1. The number of benzene rings is 3. The molecule has 7 heteroatoms. The number of aliphatic hydroxyl groups is 1. The Labute approximate surface area is 223 Å². The highest BCUT2D eigenvalue weighted by atomic mass is 35.5.